The Balaban J connectivity index is 1.63. The number of nitriles is 1. The summed E-state index contributed by atoms with van der Waals surface area (Å²) in [6.45, 7) is 3.74. The average Bonchev–Trinajstić information content (AvgIpc) is 3.04. The van der Waals surface area contributed by atoms with Gasteiger partial charge in [-0.15, -0.1) is 0 Å². The van der Waals surface area contributed by atoms with Crippen LogP contribution in [0, 0.1) is 18.3 Å². The third-order valence-electron chi connectivity index (χ3n) is 3.37. The maximum atomic E-state index is 8.79. The van der Waals surface area contributed by atoms with E-state index in [1.165, 1.54) is 0 Å². The van der Waals surface area contributed by atoms with Crippen molar-refractivity contribution in [2.75, 3.05) is 5.32 Å². The summed E-state index contributed by atoms with van der Waals surface area (Å²) in [4.78, 5) is 4.21. The Morgan fingerprint density at radius 2 is 1.71 bits per heavy atom. The first-order valence-electron chi connectivity index (χ1n) is 7.49. The molecule has 2 aromatic carbocycles. The summed E-state index contributed by atoms with van der Waals surface area (Å²) in [5.41, 5.74) is 1.53. The van der Waals surface area contributed by atoms with Crippen LogP contribution in [0.5, 0.6) is 11.5 Å². The van der Waals surface area contributed by atoms with Gasteiger partial charge in [0.2, 0.25) is 5.89 Å². The molecule has 0 radical (unpaired) electrons. The highest BCUT2D eigenvalue weighted by Gasteiger charge is 2.12. The van der Waals surface area contributed by atoms with Crippen molar-refractivity contribution in [3.63, 3.8) is 0 Å². The van der Waals surface area contributed by atoms with Crippen molar-refractivity contribution in [1.29, 1.82) is 5.26 Å². The first kappa shape index (κ1) is 15.6. The Kier molecular flexibility index (Phi) is 4.43. The van der Waals surface area contributed by atoms with Gasteiger partial charge in [-0.2, -0.15) is 10.2 Å². The summed E-state index contributed by atoms with van der Waals surface area (Å²) in [7, 11) is 0. The molecule has 3 rings (SSSR count). The van der Waals surface area contributed by atoms with Crippen molar-refractivity contribution in [1.82, 2.24) is 10.1 Å². The van der Waals surface area contributed by atoms with Gasteiger partial charge >= 0.3 is 0 Å². The molecule has 0 aliphatic carbocycles. The van der Waals surface area contributed by atoms with Crippen LogP contribution in [0.4, 0.5) is 5.69 Å². The molecule has 120 valence electrons. The van der Waals surface area contributed by atoms with E-state index in [-0.39, 0.29) is 6.04 Å². The first-order chi connectivity index (χ1) is 11.6. The fraction of sp³-hybridized carbons (Fsp3) is 0.167. The summed E-state index contributed by atoms with van der Waals surface area (Å²) in [6.07, 6.45) is 0. The molecule has 6 nitrogen and oxygen atoms in total. The lowest BCUT2D eigenvalue weighted by Gasteiger charge is -2.12. The molecule has 0 fully saturated rings. The van der Waals surface area contributed by atoms with E-state index in [4.69, 9.17) is 14.5 Å². The van der Waals surface area contributed by atoms with Gasteiger partial charge in [0.05, 0.1) is 11.6 Å². The molecule has 0 aliphatic rings. The lowest BCUT2D eigenvalue weighted by Crippen LogP contribution is -2.06. The van der Waals surface area contributed by atoms with E-state index in [0.717, 1.165) is 5.69 Å². The van der Waals surface area contributed by atoms with E-state index in [9.17, 15) is 0 Å². The zero-order valence-corrected chi connectivity index (χ0v) is 13.4. The maximum absolute atomic E-state index is 8.79. The highest BCUT2D eigenvalue weighted by Crippen LogP contribution is 2.25. The minimum Gasteiger partial charge on any atom is -0.457 e. The maximum Gasteiger partial charge on any atom is 0.248 e. The van der Waals surface area contributed by atoms with Gasteiger partial charge in [0.1, 0.15) is 17.5 Å². The monoisotopic (exact) mass is 320 g/mol. The van der Waals surface area contributed by atoms with E-state index in [1.54, 1.807) is 31.2 Å². The van der Waals surface area contributed by atoms with Crippen LogP contribution in [0.15, 0.2) is 53.1 Å². The first-order valence-corrected chi connectivity index (χ1v) is 7.49. The number of aryl methyl sites for hydroxylation is 1. The topological polar surface area (TPSA) is 84.0 Å². The number of anilines is 1. The van der Waals surface area contributed by atoms with Crippen molar-refractivity contribution in [3.8, 4) is 17.6 Å². The second-order valence-electron chi connectivity index (χ2n) is 5.31. The van der Waals surface area contributed by atoms with Crippen LogP contribution in [0.25, 0.3) is 0 Å². The minimum atomic E-state index is -0.0866. The summed E-state index contributed by atoms with van der Waals surface area (Å²) >= 11 is 0. The normalized spacial score (nSPS) is 11.5. The number of ether oxygens (including phenoxy) is 1. The Morgan fingerprint density at radius 3 is 2.25 bits per heavy atom. The number of rotatable bonds is 5. The number of hydrogen-bond acceptors (Lipinski definition) is 6. The van der Waals surface area contributed by atoms with E-state index in [2.05, 4.69) is 21.5 Å². The molecule has 1 unspecified atom stereocenters. The molecule has 1 aromatic heterocycles. The predicted molar refractivity (Wildman–Crippen MR) is 88.7 cm³/mol. The number of nitrogens with one attached hydrogen (secondary N) is 1. The molecular formula is C18H16N4O2. The number of aromatic nitrogens is 2. The van der Waals surface area contributed by atoms with Crippen LogP contribution in [-0.4, -0.2) is 10.1 Å². The molecule has 0 amide bonds. The largest absolute Gasteiger partial charge is 0.457 e. The molecule has 6 heteroatoms. The summed E-state index contributed by atoms with van der Waals surface area (Å²) in [5, 5.41) is 15.9. The molecule has 0 aliphatic heterocycles. The van der Waals surface area contributed by atoms with Gasteiger partial charge in [-0.3, -0.25) is 0 Å². The zero-order valence-electron chi connectivity index (χ0n) is 13.4. The van der Waals surface area contributed by atoms with Crippen molar-refractivity contribution in [2.24, 2.45) is 0 Å². The van der Waals surface area contributed by atoms with Crippen molar-refractivity contribution in [3.05, 3.63) is 65.8 Å². The molecule has 24 heavy (non-hydrogen) atoms. The van der Waals surface area contributed by atoms with E-state index in [0.29, 0.717) is 28.8 Å². The highest BCUT2D eigenvalue weighted by molar-refractivity contribution is 5.48. The lowest BCUT2D eigenvalue weighted by molar-refractivity contribution is 0.364. The summed E-state index contributed by atoms with van der Waals surface area (Å²) in [5.74, 6) is 2.56. The van der Waals surface area contributed by atoms with Crippen LogP contribution in [0.2, 0.25) is 0 Å². The van der Waals surface area contributed by atoms with Crippen LogP contribution in [0.1, 0.15) is 30.2 Å². The molecule has 3 aromatic rings. The van der Waals surface area contributed by atoms with Gasteiger partial charge < -0.3 is 14.6 Å². The second kappa shape index (κ2) is 6.84. The zero-order chi connectivity index (χ0) is 16.9. The molecule has 0 bridgehead atoms. The predicted octanol–water partition coefficient (Wildman–Crippen LogP) is 4.22. The Labute approximate surface area is 139 Å². The van der Waals surface area contributed by atoms with Gasteiger partial charge in [-0.05, 0) is 62.4 Å². The third-order valence-corrected chi connectivity index (χ3v) is 3.37. The van der Waals surface area contributed by atoms with Gasteiger partial charge in [-0.1, -0.05) is 5.16 Å². The number of nitrogens with zero attached hydrogens (tertiary/aromatic N) is 3. The second-order valence-corrected chi connectivity index (χ2v) is 5.31. The van der Waals surface area contributed by atoms with Crippen LogP contribution in [0.3, 0.4) is 0 Å². The van der Waals surface area contributed by atoms with Crippen molar-refractivity contribution >= 4 is 5.69 Å². The summed E-state index contributed by atoms with van der Waals surface area (Å²) in [6, 6.07) is 16.5. The molecule has 0 saturated carbocycles. The van der Waals surface area contributed by atoms with Crippen LogP contribution < -0.4 is 10.1 Å². The SMILES string of the molecule is Cc1noc(C(C)Nc2ccc(Oc3ccc(C#N)cc3)cc2)n1. The fourth-order valence-electron chi connectivity index (χ4n) is 2.15. The van der Waals surface area contributed by atoms with E-state index >= 15 is 0 Å². The van der Waals surface area contributed by atoms with Gasteiger partial charge in [0.25, 0.3) is 0 Å². The lowest BCUT2D eigenvalue weighted by atomic mass is 10.2. The Morgan fingerprint density at radius 1 is 1.08 bits per heavy atom. The molecular weight excluding hydrogens is 304 g/mol. The van der Waals surface area contributed by atoms with Gasteiger partial charge in [0.15, 0.2) is 5.82 Å². The van der Waals surface area contributed by atoms with Crippen LogP contribution in [-0.2, 0) is 0 Å². The van der Waals surface area contributed by atoms with Crippen LogP contribution >= 0.6 is 0 Å². The summed E-state index contributed by atoms with van der Waals surface area (Å²) < 4.78 is 10.9. The molecule has 0 saturated heterocycles. The van der Waals surface area contributed by atoms with Crippen molar-refractivity contribution < 1.29 is 9.26 Å². The third kappa shape index (κ3) is 3.70. The highest BCUT2D eigenvalue weighted by atomic mass is 16.5. The van der Waals surface area contributed by atoms with Crippen molar-refractivity contribution in [2.45, 2.75) is 19.9 Å². The number of hydrogen-bond donors (Lipinski definition) is 1. The number of benzene rings is 2. The molecule has 1 N–H and O–H groups in total. The standard InChI is InChI=1S/C18H16N4O2/c1-12(18-21-13(2)22-24-18)20-15-5-9-17(10-6-15)23-16-7-3-14(11-19)4-8-16/h3-10,12,20H,1-2H3. The minimum absolute atomic E-state index is 0.0866. The molecule has 1 atom stereocenters. The van der Waals surface area contributed by atoms with E-state index < -0.39 is 0 Å². The molecule has 1 heterocycles. The quantitative estimate of drug-likeness (QED) is 0.758. The Hall–Kier alpha value is -3.33. The van der Waals surface area contributed by atoms with Gasteiger partial charge in [0, 0.05) is 5.69 Å². The van der Waals surface area contributed by atoms with E-state index in [1.807, 2.05) is 31.2 Å². The smallest absolute Gasteiger partial charge is 0.248 e. The fourth-order valence-corrected chi connectivity index (χ4v) is 2.15. The Bertz CT molecular complexity index is 848. The van der Waals surface area contributed by atoms with Gasteiger partial charge in [-0.25, -0.2) is 0 Å². The molecule has 0 spiro atoms. The average molecular weight is 320 g/mol.